The van der Waals surface area contributed by atoms with Gasteiger partial charge in [0.15, 0.2) is 0 Å². The largest absolute Gasteiger partial charge is 0.481 e. The van der Waals surface area contributed by atoms with Crippen LogP contribution in [0.1, 0.15) is 78.1 Å². The summed E-state index contributed by atoms with van der Waals surface area (Å²) >= 11 is 0. The number of H-pyrrole nitrogens is 2. The number of carboxylic acids is 2. The second kappa shape index (κ2) is 12.6. The van der Waals surface area contributed by atoms with E-state index in [9.17, 15) is 19.8 Å². The topological polar surface area (TPSA) is 132 Å². The first-order chi connectivity index (χ1) is 20.0. The molecule has 2 aliphatic heterocycles. The number of aryl methyl sites for hydroxylation is 3. The molecule has 0 saturated carbocycles. The molecule has 0 unspecified atom stereocenters. The van der Waals surface area contributed by atoms with Crippen molar-refractivity contribution in [2.45, 2.75) is 53.4 Å². The van der Waals surface area contributed by atoms with E-state index in [0.29, 0.717) is 18.5 Å². The van der Waals surface area contributed by atoms with E-state index >= 15 is 0 Å². The number of aromatic nitrogens is 4. The van der Waals surface area contributed by atoms with Gasteiger partial charge in [-0.05, 0) is 98.2 Å². The summed E-state index contributed by atoms with van der Waals surface area (Å²) in [5.41, 5.74) is 13.7. The Balaban J connectivity index is 0.00000423. The molecule has 8 nitrogen and oxygen atoms in total. The standard InChI is InChI=1S/C34H34N4O4.Au/c1-7-21-17(3)25-13-26-19(5)23(9-11-33(39)40)31(37-26)16-32-24(10-12-34(41)42)20(6)28(38-32)15-30-22(8-2)18(4)27(36-30)14-29(21)35-25;/h7-8,13-16,35,38H,1-2,9-12H2,3-6H3,(H,39,40)(H,41,42);. The molecule has 0 spiro atoms. The molecule has 0 amide bonds. The number of allylic oxidation sites excluding steroid dienone is 5. The van der Waals surface area contributed by atoms with Gasteiger partial charge in [0.1, 0.15) is 0 Å². The molecule has 3 aromatic rings. The summed E-state index contributed by atoms with van der Waals surface area (Å²) in [5, 5.41) is 18.9. The molecule has 3 aromatic heterocycles. The Labute approximate surface area is 265 Å². The maximum absolute atomic E-state index is 11.5. The molecular weight excluding hydrogens is 725 g/mol. The van der Waals surface area contributed by atoms with Crippen LogP contribution in [0.4, 0.5) is 0 Å². The third-order valence-corrected chi connectivity index (χ3v) is 8.22. The maximum Gasteiger partial charge on any atom is 0.303 e. The predicted octanol–water partition coefficient (Wildman–Crippen LogP) is 7.50. The zero-order chi connectivity index (χ0) is 30.3. The monoisotopic (exact) mass is 759 g/mol. The van der Waals surface area contributed by atoms with Gasteiger partial charge < -0.3 is 20.2 Å². The Hall–Kier alpha value is -4.24. The van der Waals surface area contributed by atoms with E-state index in [1.807, 2.05) is 58.0 Å². The number of hydrogen-bond donors (Lipinski definition) is 4. The van der Waals surface area contributed by atoms with E-state index < -0.39 is 11.9 Å². The molecule has 4 N–H and O–H groups in total. The Morgan fingerprint density at radius 1 is 0.721 bits per heavy atom. The van der Waals surface area contributed by atoms with E-state index in [2.05, 4.69) is 23.1 Å². The number of hydrogen-bond acceptors (Lipinski definition) is 4. The zero-order valence-corrected chi connectivity index (χ0v) is 26.8. The van der Waals surface area contributed by atoms with Gasteiger partial charge in [-0.1, -0.05) is 25.3 Å². The molecule has 5 rings (SSSR count). The van der Waals surface area contributed by atoms with Gasteiger partial charge >= 0.3 is 11.9 Å². The van der Waals surface area contributed by atoms with Crippen molar-refractivity contribution in [3.63, 3.8) is 0 Å². The van der Waals surface area contributed by atoms with E-state index in [4.69, 9.17) is 9.97 Å². The maximum atomic E-state index is 11.5. The summed E-state index contributed by atoms with van der Waals surface area (Å²) in [4.78, 5) is 40.0. The molecule has 9 heteroatoms. The minimum absolute atomic E-state index is 0. The van der Waals surface area contributed by atoms with Crippen molar-refractivity contribution >= 4 is 62.4 Å². The second-order valence-electron chi connectivity index (χ2n) is 10.7. The summed E-state index contributed by atoms with van der Waals surface area (Å²) < 4.78 is 0. The summed E-state index contributed by atoms with van der Waals surface area (Å²) in [5.74, 6) is -1.76. The van der Waals surface area contributed by atoms with Crippen LogP contribution in [0.15, 0.2) is 43.5 Å². The molecule has 0 aliphatic carbocycles. The normalized spacial score (nSPS) is 12.7. The van der Waals surface area contributed by atoms with Crippen molar-refractivity contribution in [2.75, 3.05) is 0 Å². The van der Waals surface area contributed by atoms with Crippen molar-refractivity contribution in [2.24, 2.45) is 0 Å². The average Bonchev–Trinajstić information content (AvgIpc) is 3.59. The van der Waals surface area contributed by atoms with Crippen LogP contribution in [0.3, 0.4) is 0 Å². The summed E-state index contributed by atoms with van der Waals surface area (Å²) in [7, 11) is 0. The van der Waals surface area contributed by atoms with Crippen LogP contribution < -0.4 is 0 Å². The van der Waals surface area contributed by atoms with Gasteiger partial charge in [-0.15, -0.1) is 0 Å². The molecule has 1 radical (unpaired) electrons. The molecular formula is C34H34AuN4O4. The number of nitrogens with one attached hydrogen (secondary N) is 2. The molecule has 8 bridgehead atoms. The molecule has 0 fully saturated rings. The molecule has 43 heavy (non-hydrogen) atoms. The number of nitrogens with zero attached hydrogens (tertiary/aromatic N) is 2. The minimum atomic E-state index is -0.883. The third-order valence-electron chi connectivity index (χ3n) is 8.22. The van der Waals surface area contributed by atoms with Crippen LogP contribution in [0.2, 0.25) is 0 Å². The fourth-order valence-corrected chi connectivity index (χ4v) is 5.77. The number of carboxylic acid groups (broad SMARTS) is 2. The van der Waals surface area contributed by atoms with Crippen molar-refractivity contribution in [1.82, 2.24) is 19.9 Å². The minimum Gasteiger partial charge on any atom is -0.481 e. The molecule has 225 valence electrons. The Morgan fingerprint density at radius 3 is 1.91 bits per heavy atom. The number of rotatable bonds is 8. The van der Waals surface area contributed by atoms with Crippen LogP contribution in [-0.4, -0.2) is 42.1 Å². The molecule has 0 saturated heterocycles. The second-order valence-corrected chi connectivity index (χ2v) is 10.7. The van der Waals surface area contributed by atoms with Gasteiger partial charge in [0.2, 0.25) is 0 Å². The van der Waals surface area contributed by atoms with Crippen LogP contribution in [-0.2, 0) is 38.4 Å². The number of carbonyl (C=O) groups is 2. The zero-order valence-electron chi connectivity index (χ0n) is 24.6. The van der Waals surface area contributed by atoms with Crippen molar-refractivity contribution in [1.29, 1.82) is 0 Å². The fourth-order valence-electron chi connectivity index (χ4n) is 5.77. The van der Waals surface area contributed by atoms with Gasteiger partial charge in [0.25, 0.3) is 0 Å². The summed E-state index contributed by atoms with van der Waals surface area (Å²) in [6.07, 6.45) is 4.22. The first kappa shape index (κ1) is 31.7. The summed E-state index contributed by atoms with van der Waals surface area (Å²) in [6, 6.07) is 7.88. The number of aliphatic carboxylic acids is 2. The first-order valence-corrected chi connectivity index (χ1v) is 13.9. The fraction of sp³-hybridized carbons (Fsp3) is 0.235. The van der Waals surface area contributed by atoms with Crippen LogP contribution in [0, 0.1) is 13.8 Å². The smallest absolute Gasteiger partial charge is 0.303 e. The van der Waals surface area contributed by atoms with Crippen LogP contribution >= 0.6 is 0 Å². The molecule has 2 aliphatic rings. The quantitative estimate of drug-likeness (QED) is 0.176. The van der Waals surface area contributed by atoms with Gasteiger partial charge in [0.05, 0.1) is 22.8 Å². The van der Waals surface area contributed by atoms with E-state index in [1.165, 1.54) is 0 Å². The Kier molecular flexibility index (Phi) is 9.25. The van der Waals surface area contributed by atoms with E-state index in [-0.39, 0.29) is 35.2 Å². The van der Waals surface area contributed by atoms with Gasteiger partial charge in [0, 0.05) is 68.4 Å². The third kappa shape index (κ3) is 5.99. The number of fused-ring (bicyclic) bond motifs is 8. The molecule has 5 heterocycles. The van der Waals surface area contributed by atoms with Crippen LogP contribution in [0.25, 0.3) is 50.4 Å². The van der Waals surface area contributed by atoms with Crippen molar-refractivity contribution in [3.8, 4) is 0 Å². The van der Waals surface area contributed by atoms with Crippen LogP contribution in [0.5, 0.6) is 0 Å². The van der Waals surface area contributed by atoms with Gasteiger partial charge in [-0.3, -0.25) is 9.59 Å². The SMILES string of the molecule is C=CC1=C(C)c2cc3[nH]c(cc4nc(cc5[nH]c(cc1n2)c(C)c5CCC(=O)O)C(CCC(=O)O)=C4C)c(C)c3C=C.[Au]. The predicted molar refractivity (Wildman–Crippen MR) is 169 cm³/mol. The van der Waals surface area contributed by atoms with Crippen molar-refractivity contribution < 1.29 is 42.2 Å². The average molecular weight is 760 g/mol. The van der Waals surface area contributed by atoms with Gasteiger partial charge in [-0.25, -0.2) is 9.97 Å². The Morgan fingerprint density at radius 2 is 1.26 bits per heavy atom. The van der Waals surface area contributed by atoms with E-state index in [0.717, 1.165) is 83.7 Å². The first-order valence-electron chi connectivity index (χ1n) is 13.9. The molecule has 0 aromatic carbocycles. The van der Waals surface area contributed by atoms with Crippen molar-refractivity contribution in [3.05, 3.63) is 88.5 Å². The van der Waals surface area contributed by atoms with Gasteiger partial charge in [-0.2, -0.15) is 0 Å². The van der Waals surface area contributed by atoms with E-state index in [1.54, 1.807) is 6.08 Å². The number of aromatic amines is 2. The molecule has 0 atom stereocenters. The summed E-state index contributed by atoms with van der Waals surface area (Å²) in [6.45, 7) is 16.0. The Bertz CT molecular complexity index is 1920.